The van der Waals surface area contributed by atoms with Crippen LogP contribution in [0, 0.1) is 10.1 Å². The summed E-state index contributed by atoms with van der Waals surface area (Å²) < 4.78 is 8.11. The first-order valence-corrected chi connectivity index (χ1v) is 13.2. The third-order valence-electron chi connectivity index (χ3n) is 6.93. The van der Waals surface area contributed by atoms with E-state index >= 15 is 0 Å². The van der Waals surface area contributed by atoms with Crippen molar-refractivity contribution >= 4 is 54.9 Å². The van der Waals surface area contributed by atoms with Crippen LogP contribution in [-0.4, -0.2) is 53.2 Å². The van der Waals surface area contributed by atoms with Gasteiger partial charge in [-0.1, -0.05) is 23.5 Å². The average molecular weight is 520 g/mol. The number of hydrogen-bond acceptors (Lipinski definition) is 9. The zero-order valence-corrected chi connectivity index (χ0v) is 21.1. The number of anilines is 2. The number of nitrogens with zero attached hydrogens (tertiary/aromatic N) is 5. The summed E-state index contributed by atoms with van der Waals surface area (Å²) in [5.74, 6) is -0.707. The third kappa shape index (κ3) is 4.18. The Hall–Kier alpha value is -3.99. The van der Waals surface area contributed by atoms with E-state index in [1.165, 1.54) is 6.07 Å². The van der Waals surface area contributed by atoms with Crippen LogP contribution in [-0.2, 0) is 4.74 Å². The molecule has 0 unspecified atom stereocenters. The van der Waals surface area contributed by atoms with Crippen molar-refractivity contribution in [3.8, 4) is 0 Å². The van der Waals surface area contributed by atoms with Crippen molar-refractivity contribution in [2.75, 3.05) is 42.6 Å². The maximum absolute atomic E-state index is 13.2. The van der Waals surface area contributed by atoms with Crippen molar-refractivity contribution < 1.29 is 14.5 Å². The Morgan fingerprint density at radius 3 is 2.57 bits per heavy atom. The Bertz CT molecular complexity index is 1570. The third-order valence-corrected chi connectivity index (χ3v) is 8.03. The Morgan fingerprint density at radius 1 is 1.16 bits per heavy atom. The van der Waals surface area contributed by atoms with Gasteiger partial charge in [0.1, 0.15) is 11.3 Å². The minimum atomic E-state index is -0.707. The van der Waals surface area contributed by atoms with Gasteiger partial charge in [-0.3, -0.25) is 14.9 Å². The molecule has 10 nitrogen and oxygen atoms in total. The van der Waals surface area contributed by atoms with Crippen LogP contribution in [0.5, 0.6) is 0 Å². The first-order chi connectivity index (χ1) is 17.9. The van der Waals surface area contributed by atoms with Gasteiger partial charge in [-0.05, 0) is 38.0 Å². The minimum absolute atomic E-state index is 0.0900. The lowest BCUT2D eigenvalue weighted by Gasteiger charge is -2.35. The molecule has 0 atom stereocenters. The molecule has 1 saturated carbocycles. The fourth-order valence-corrected chi connectivity index (χ4v) is 5.93. The highest BCUT2D eigenvalue weighted by atomic mass is 32.1. The maximum atomic E-state index is 13.2. The van der Waals surface area contributed by atoms with E-state index in [9.17, 15) is 19.7 Å². The molecule has 1 aliphatic heterocycles. The first kappa shape index (κ1) is 23.4. The second-order valence-electron chi connectivity index (χ2n) is 9.28. The summed E-state index contributed by atoms with van der Waals surface area (Å²) in [4.78, 5) is 46.3. The summed E-state index contributed by atoms with van der Waals surface area (Å²) in [5, 5.41) is 13.2. The van der Waals surface area contributed by atoms with E-state index < -0.39 is 16.3 Å². The van der Waals surface area contributed by atoms with Crippen molar-refractivity contribution in [2.45, 2.75) is 25.8 Å². The molecule has 0 amide bonds. The molecule has 0 bridgehead atoms. The number of para-hydroxylation sites is 1. The molecular weight excluding hydrogens is 494 g/mol. The highest BCUT2D eigenvalue weighted by molar-refractivity contribution is 7.22. The monoisotopic (exact) mass is 519 g/mol. The van der Waals surface area contributed by atoms with E-state index in [1.54, 1.807) is 30.5 Å². The van der Waals surface area contributed by atoms with E-state index in [-0.39, 0.29) is 29.3 Å². The van der Waals surface area contributed by atoms with Gasteiger partial charge in [-0.15, -0.1) is 0 Å². The minimum Gasteiger partial charge on any atom is -0.462 e. The molecule has 2 aromatic heterocycles. The molecule has 2 aliphatic rings. The Balaban J connectivity index is 1.37. The highest BCUT2D eigenvalue weighted by Crippen LogP contribution is 2.40. The largest absolute Gasteiger partial charge is 0.462 e. The molecule has 0 spiro atoms. The van der Waals surface area contributed by atoms with Crippen LogP contribution in [0.25, 0.3) is 21.1 Å². The van der Waals surface area contributed by atoms with Gasteiger partial charge in [-0.25, -0.2) is 9.78 Å². The van der Waals surface area contributed by atoms with Gasteiger partial charge < -0.3 is 19.1 Å². The standard InChI is InChI=1S/C26H25N5O5S/c1-2-36-25(33)18-15-30(16-7-8-16)20-14-21(22(31(34)35)13-17(20)24(18)32)28-9-11-29(12-10-28)26-27-19-5-3-4-6-23(19)37-26/h3-6,13-16H,2,7-12H2,1H3. The number of ether oxygens (including phenoxy) is 1. The van der Waals surface area contributed by atoms with E-state index in [0.717, 1.165) is 28.2 Å². The number of hydrogen-bond donors (Lipinski definition) is 0. The number of fused-ring (bicyclic) bond motifs is 2. The maximum Gasteiger partial charge on any atom is 0.343 e. The number of carbonyl (C=O) groups is 1. The van der Waals surface area contributed by atoms with Gasteiger partial charge in [0.15, 0.2) is 5.13 Å². The van der Waals surface area contributed by atoms with Crippen molar-refractivity contribution in [3.63, 3.8) is 0 Å². The first-order valence-electron chi connectivity index (χ1n) is 12.3. The lowest BCUT2D eigenvalue weighted by molar-refractivity contribution is -0.384. The predicted octanol–water partition coefficient (Wildman–Crippen LogP) is 4.36. The second-order valence-corrected chi connectivity index (χ2v) is 10.3. The van der Waals surface area contributed by atoms with E-state index in [2.05, 4.69) is 11.0 Å². The number of thiazole rings is 1. The van der Waals surface area contributed by atoms with E-state index in [4.69, 9.17) is 9.72 Å². The number of pyridine rings is 1. The number of nitro groups is 1. The zero-order valence-electron chi connectivity index (χ0n) is 20.3. The molecule has 37 heavy (non-hydrogen) atoms. The van der Waals surface area contributed by atoms with Gasteiger partial charge in [0.05, 0.1) is 32.6 Å². The molecule has 6 rings (SSSR count). The highest BCUT2D eigenvalue weighted by Gasteiger charge is 2.31. The molecular formula is C26H25N5O5S. The van der Waals surface area contributed by atoms with Gasteiger partial charge in [-0.2, -0.15) is 0 Å². The fraction of sp³-hybridized carbons (Fsp3) is 0.346. The van der Waals surface area contributed by atoms with Crippen LogP contribution < -0.4 is 15.2 Å². The summed E-state index contributed by atoms with van der Waals surface area (Å²) in [5.41, 5.74) is 1.29. The molecule has 2 fully saturated rings. The molecule has 0 N–H and O–H groups in total. The van der Waals surface area contributed by atoms with Crippen LogP contribution in [0.4, 0.5) is 16.5 Å². The second kappa shape index (κ2) is 9.15. The molecule has 2 aromatic carbocycles. The topological polar surface area (TPSA) is 111 Å². The Kier molecular flexibility index (Phi) is 5.79. The number of carbonyl (C=O) groups excluding carboxylic acids is 1. The molecule has 190 valence electrons. The fourth-order valence-electron chi connectivity index (χ4n) is 4.92. The van der Waals surface area contributed by atoms with Gasteiger partial charge >= 0.3 is 5.97 Å². The molecule has 1 saturated heterocycles. The van der Waals surface area contributed by atoms with Crippen LogP contribution >= 0.6 is 11.3 Å². The number of rotatable bonds is 6. The molecule has 11 heteroatoms. The number of nitro benzene ring substituents is 1. The molecule has 4 aromatic rings. The predicted molar refractivity (Wildman–Crippen MR) is 143 cm³/mol. The quantitative estimate of drug-likeness (QED) is 0.210. The normalized spacial score (nSPS) is 15.9. The van der Waals surface area contributed by atoms with E-state index in [0.29, 0.717) is 37.4 Å². The number of esters is 1. The van der Waals surface area contributed by atoms with Gasteiger partial charge in [0, 0.05) is 44.5 Å². The summed E-state index contributed by atoms with van der Waals surface area (Å²) in [6.45, 7) is 4.32. The zero-order chi connectivity index (χ0) is 25.7. The van der Waals surface area contributed by atoms with Crippen molar-refractivity contribution in [2.24, 2.45) is 0 Å². The smallest absolute Gasteiger partial charge is 0.343 e. The van der Waals surface area contributed by atoms with Crippen LogP contribution in [0.3, 0.4) is 0 Å². The summed E-state index contributed by atoms with van der Waals surface area (Å²) in [7, 11) is 0. The van der Waals surface area contributed by atoms with E-state index in [1.807, 2.05) is 27.7 Å². The molecule has 0 radical (unpaired) electrons. The molecule has 1 aliphatic carbocycles. The van der Waals surface area contributed by atoms with Crippen molar-refractivity contribution in [1.29, 1.82) is 0 Å². The lowest BCUT2D eigenvalue weighted by atomic mass is 10.1. The lowest BCUT2D eigenvalue weighted by Crippen LogP contribution is -2.46. The average Bonchev–Trinajstić information content (AvgIpc) is 3.66. The van der Waals surface area contributed by atoms with Gasteiger partial charge in [0.25, 0.3) is 5.69 Å². The Morgan fingerprint density at radius 2 is 1.89 bits per heavy atom. The van der Waals surface area contributed by atoms with Crippen LogP contribution in [0.2, 0.25) is 0 Å². The number of benzene rings is 2. The SMILES string of the molecule is CCOC(=O)c1cn(C2CC2)c2cc(N3CCN(c4nc5ccccc5s4)CC3)c([N+](=O)[O-])cc2c1=O. The Labute approximate surface area is 215 Å². The van der Waals surface area contributed by atoms with Crippen LogP contribution in [0.15, 0.2) is 47.4 Å². The van der Waals surface area contributed by atoms with Crippen molar-refractivity contribution in [3.05, 3.63) is 68.5 Å². The molecule has 3 heterocycles. The number of aromatic nitrogens is 2. The van der Waals surface area contributed by atoms with Gasteiger partial charge in [0.2, 0.25) is 5.43 Å². The summed E-state index contributed by atoms with van der Waals surface area (Å²) >= 11 is 1.64. The van der Waals surface area contributed by atoms with Crippen LogP contribution in [0.1, 0.15) is 36.2 Å². The van der Waals surface area contributed by atoms with Crippen molar-refractivity contribution in [1.82, 2.24) is 9.55 Å². The number of piperazine rings is 1. The summed E-state index contributed by atoms with van der Waals surface area (Å²) in [6.07, 6.45) is 3.40. The summed E-state index contributed by atoms with van der Waals surface area (Å²) in [6, 6.07) is 11.2.